The van der Waals surface area contributed by atoms with Crippen molar-refractivity contribution in [3.8, 4) is 0 Å². The van der Waals surface area contributed by atoms with Crippen LogP contribution in [-0.4, -0.2) is 68.3 Å². The molecule has 0 unspecified atom stereocenters. The van der Waals surface area contributed by atoms with E-state index in [9.17, 15) is 4.79 Å². The predicted molar refractivity (Wildman–Crippen MR) is 77.9 cm³/mol. The van der Waals surface area contributed by atoms with Gasteiger partial charge in [-0.15, -0.1) is 0 Å². The average molecular weight is 296 g/mol. The first-order chi connectivity index (χ1) is 10.3. The zero-order valence-corrected chi connectivity index (χ0v) is 12.6. The summed E-state index contributed by atoms with van der Waals surface area (Å²) in [7, 11) is 0. The smallest absolute Gasteiger partial charge is 0.320 e. The van der Waals surface area contributed by atoms with Gasteiger partial charge in [-0.1, -0.05) is 0 Å². The van der Waals surface area contributed by atoms with E-state index in [0.717, 1.165) is 45.2 Å². The summed E-state index contributed by atoms with van der Waals surface area (Å²) in [5.41, 5.74) is 0. The highest BCUT2D eigenvalue weighted by atomic mass is 16.5. The first-order valence-electron chi connectivity index (χ1n) is 7.48. The number of morpholine rings is 1. The summed E-state index contributed by atoms with van der Waals surface area (Å²) < 4.78 is 15.8. The van der Waals surface area contributed by atoms with Gasteiger partial charge in [0.1, 0.15) is 5.76 Å². The van der Waals surface area contributed by atoms with Crippen molar-refractivity contribution in [2.45, 2.75) is 13.5 Å². The molecule has 2 heterocycles. The van der Waals surface area contributed by atoms with Gasteiger partial charge in [0.2, 0.25) is 0 Å². The average Bonchev–Trinajstić information content (AvgIpc) is 2.99. The summed E-state index contributed by atoms with van der Waals surface area (Å²) in [5, 5.41) is 0. The molecule has 1 aliphatic rings. The molecule has 0 aromatic carbocycles. The molecule has 1 aromatic heterocycles. The van der Waals surface area contributed by atoms with Gasteiger partial charge in [0, 0.05) is 26.2 Å². The second-order valence-corrected chi connectivity index (χ2v) is 5.05. The molecule has 1 fully saturated rings. The lowest BCUT2D eigenvalue weighted by Crippen LogP contribution is -2.42. The monoisotopic (exact) mass is 296 g/mol. The van der Waals surface area contributed by atoms with E-state index in [0.29, 0.717) is 19.7 Å². The summed E-state index contributed by atoms with van der Waals surface area (Å²) in [5.74, 6) is 0.673. The summed E-state index contributed by atoms with van der Waals surface area (Å²) >= 11 is 0. The molecule has 0 N–H and O–H groups in total. The largest absolute Gasteiger partial charge is 0.468 e. The standard InChI is InChI=1S/C15H24N2O4/c1-2-20-15(18)13-17(12-14-4-3-9-21-14)6-5-16-7-10-19-11-8-16/h3-4,9H,2,5-8,10-13H2,1H3. The van der Waals surface area contributed by atoms with Crippen LogP contribution < -0.4 is 0 Å². The number of furan rings is 1. The van der Waals surface area contributed by atoms with Crippen LogP contribution in [0.4, 0.5) is 0 Å². The highest BCUT2D eigenvalue weighted by Gasteiger charge is 2.16. The Kier molecular flexibility index (Phi) is 6.72. The Morgan fingerprint density at radius 2 is 2.24 bits per heavy atom. The van der Waals surface area contributed by atoms with Crippen molar-refractivity contribution in [1.82, 2.24) is 9.80 Å². The van der Waals surface area contributed by atoms with Crippen molar-refractivity contribution in [3.05, 3.63) is 24.2 Å². The Hall–Kier alpha value is -1.37. The fraction of sp³-hybridized carbons (Fsp3) is 0.667. The maximum absolute atomic E-state index is 11.7. The van der Waals surface area contributed by atoms with Crippen LogP contribution in [0.25, 0.3) is 0 Å². The first-order valence-corrected chi connectivity index (χ1v) is 7.48. The Morgan fingerprint density at radius 1 is 1.43 bits per heavy atom. The van der Waals surface area contributed by atoms with E-state index in [-0.39, 0.29) is 5.97 Å². The maximum atomic E-state index is 11.7. The molecule has 1 saturated heterocycles. The Balaban J connectivity index is 1.82. The number of nitrogens with zero attached hydrogens (tertiary/aromatic N) is 2. The van der Waals surface area contributed by atoms with E-state index in [2.05, 4.69) is 9.80 Å². The molecule has 0 bridgehead atoms. The Morgan fingerprint density at radius 3 is 2.90 bits per heavy atom. The zero-order valence-electron chi connectivity index (χ0n) is 12.6. The molecular formula is C15H24N2O4. The predicted octanol–water partition coefficient (Wildman–Crippen LogP) is 0.977. The highest BCUT2D eigenvalue weighted by Crippen LogP contribution is 2.06. The van der Waals surface area contributed by atoms with Crippen LogP contribution in [0, 0.1) is 0 Å². The maximum Gasteiger partial charge on any atom is 0.320 e. The number of rotatable bonds is 8. The number of hydrogen-bond donors (Lipinski definition) is 0. The first kappa shape index (κ1) is 16.0. The number of carbonyl (C=O) groups is 1. The van der Waals surface area contributed by atoms with Crippen LogP contribution in [0.2, 0.25) is 0 Å². The second-order valence-electron chi connectivity index (χ2n) is 5.05. The molecule has 0 atom stereocenters. The van der Waals surface area contributed by atoms with Crippen LogP contribution in [0.3, 0.4) is 0 Å². The minimum Gasteiger partial charge on any atom is -0.468 e. The van der Waals surface area contributed by atoms with Gasteiger partial charge < -0.3 is 13.9 Å². The third-order valence-electron chi connectivity index (χ3n) is 3.45. The molecule has 0 amide bonds. The van der Waals surface area contributed by atoms with Crippen LogP contribution in [0.1, 0.15) is 12.7 Å². The van der Waals surface area contributed by atoms with E-state index >= 15 is 0 Å². The van der Waals surface area contributed by atoms with Gasteiger partial charge in [0.05, 0.1) is 39.2 Å². The Labute approximate surface area is 125 Å². The summed E-state index contributed by atoms with van der Waals surface area (Å²) in [4.78, 5) is 16.1. The van der Waals surface area contributed by atoms with Gasteiger partial charge in [0.15, 0.2) is 0 Å². The van der Waals surface area contributed by atoms with Crippen molar-refractivity contribution in [3.63, 3.8) is 0 Å². The van der Waals surface area contributed by atoms with Gasteiger partial charge in [-0.2, -0.15) is 0 Å². The molecule has 2 rings (SSSR count). The summed E-state index contributed by atoms with van der Waals surface area (Å²) in [6.45, 7) is 8.35. The van der Waals surface area contributed by atoms with E-state index in [1.165, 1.54) is 0 Å². The highest BCUT2D eigenvalue weighted by molar-refractivity contribution is 5.71. The van der Waals surface area contributed by atoms with Gasteiger partial charge in [0.25, 0.3) is 0 Å². The van der Waals surface area contributed by atoms with Gasteiger partial charge >= 0.3 is 5.97 Å². The number of ether oxygens (including phenoxy) is 2. The normalized spacial score (nSPS) is 16.3. The summed E-state index contributed by atoms with van der Waals surface area (Å²) in [6, 6.07) is 3.78. The third-order valence-corrected chi connectivity index (χ3v) is 3.45. The van der Waals surface area contributed by atoms with E-state index < -0.39 is 0 Å². The lowest BCUT2D eigenvalue weighted by atomic mass is 10.3. The molecule has 1 aromatic rings. The van der Waals surface area contributed by atoms with Crippen LogP contribution in [0.5, 0.6) is 0 Å². The minimum absolute atomic E-state index is 0.189. The SMILES string of the molecule is CCOC(=O)CN(CCN1CCOCC1)Cc1ccco1. The van der Waals surface area contributed by atoms with E-state index in [1.807, 2.05) is 19.1 Å². The molecule has 0 aliphatic carbocycles. The Bertz CT molecular complexity index is 402. The molecule has 21 heavy (non-hydrogen) atoms. The fourth-order valence-electron chi connectivity index (χ4n) is 2.33. The van der Waals surface area contributed by atoms with Crippen LogP contribution in [-0.2, 0) is 20.8 Å². The number of carbonyl (C=O) groups excluding carboxylic acids is 1. The summed E-state index contributed by atoms with van der Waals surface area (Å²) in [6.07, 6.45) is 1.65. The van der Waals surface area contributed by atoms with Crippen molar-refractivity contribution in [2.75, 3.05) is 52.5 Å². The fourth-order valence-corrected chi connectivity index (χ4v) is 2.33. The molecule has 0 saturated carbocycles. The molecular weight excluding hydrogens is 272 g/mol. The van der Waals surface area contributed by atoms with Crippen LogP contribution in [0.15, 0.2) is 22.8 Å². The third kappa shape index (κ3) is 5.87. The quantitative estimate of drug-likeness (QED) is 0.667. The van der Waals surface area contributed by atoms with Gasteiger partial charge in [-0.25, -0.2) is 0 Å². The van der Waals surface area contributed by atoms with Crippen molar-refractivity contribution < 1.29 is 18.7 Å². The topological polar surface area (TPSA) is 55.2 Å². The molecule has 6 nitrogen and oxygen atoms in total. The molecule has 118 valence electrons. The molecule has 0 radical (unpaired) electrons. The van der Waals surface area contributed by atoms with Crippen molar-refractivity contribution in [2.24, 2.45) is 0 Å². The number of esters is 1. The van der Waals surface area contributed by atoms with E-state index in [1.54, 1.807) is 6.26 Å². The van der Waals surface area contributed by atoms with Crippen molar-refractivity contribution >= 4 is 5.97 Å². The second kappa shape index (κ2) is 8.81. The van der Waals surface area contributed by atoms with Gasteiger partial charge in [-0.3, -0.25) is 14.6 Å². The van der Waals surface area contributed by atoms with E-state index in [4.69, 9.17) is 13.9 Å². The molecule has 6 heteroatoms. The molecule has 0 spiro atoms. The molecule has 1 aliphatic heterocycles. The van der Waals surface area contributed by atoms with Gasteiger partial charge in [-0.05, 0) is 19.1 Å². The van der Waals surface area contributed by atoms with Crippen molar-refractivity contribution in [1.29, 1.82) is 0 Å². The number of hydrogen-bond acceptors (Lipinski definition) is 6. The van der Waals surface area contributed by atoms with Crippen LogP contribution >= 0.6 is 0 Å². The zero-order chi connectivity index (χ0) is 14.9. The lowest BCUT2D eigenvalue weighted by Gasteiger charge is -2.29. The minimum atomic E-state index is -0.189. The lowest BCUT2D eigenvalue weighted by molar-refractivity contribution is -0.144.